The summed E-state index contributed by atoms with van der Waals surface area (Å²) in [6.07, 6.45) is -4.55. The van der Waals surface area contributed by atoms with Crippen LogP contribution in [0.2, 0.25) is 0 Å². The number of nitrogens with two attached hydrogens (primary N) is 1. The van der Waals surface area contributed by atoms with Crippen LogP contribution in [0.5, 0.6) is 5.88 Å². The summed E-state index contributed by atoms with van der Waals surface area (Å²) in [6, 6.07) is 0. The average Bonchev–Trinajstić information content (AvgIpc) is 2.97. The molecular weight excluding hydrogens is 433 g/mol. The van der Waals surface area contributed by atoms with E-state index in [1.54, 1.807) is 0 Å². The number of anilines is 1. The molecule has 3 heterocycles. The number of aliphatic hydroxyl groups excluding tert-OH is 3. The third-order valence-electron chi connectivity index (χ3n) is 3.60. The lowest BCUT2D eigenvalue weighted by molar-refractivity contribution is -0.0568. The molecule has 1 aliphatic heterocycles. The fourth-order valence-electron chi connectivity index (χ4n) is 2.55. The van der Waals surface area contributed by atoms with Crippen molar-refractivity contribution in [2.24, 2.45) is 0 Å². The lowest BCUT2D eigenvalue weighted by Gasteiger charge is -2.16. The molecule has 11 heteroatoms. The molecule has 2 aromatic rings. The lowest BCUT2D eigenvalue weighted by Crippen LogP contribution is -2.33. The van der Waals surface area contributed by atoms with Crippen LogP contribution in [0, 0.1) is 3.70 Å². The molecule has 3 rings (SSSR count). The van der Waals surface area contributed by atoms with Crippen molar-refractivity contribution in [2.75, 3.05) is 12.3 Å². The minimum atomic E-state index is -1.27. The second kappa shape index (κ2) is 6.55. The maximum absolute atomic E-state index is 10.2. The highest BCUT2D eigenvalue weighted by Gasteiger charge is 2.45. The molecule has 4 atom stereocenters. The molecule has 24 heavy (non-hydrogen) atoms. The van der Waals surface area contributed by atoms with E-state index in [0.717, 1.165) is 0 Å². The summed E-state index contributed by atoms with van der Waals surface area (Å²) in [4.78, 5) is 8.27. The number of hydrogen-bond donors (Lipinski definition) is 4. The smallest absolute Gasteiger partial charge is 0.230 e. The zero-order valence-electron chi connectivity index (χ0n) is 13.0. The minimum Gasteiger partial charge on any atom is -0.474 e. The molecule has 0 bridgehead atoms. The van der Waals surface area contributed by atoms with Gasteiger partial charge in [-0.25, -0.2) is 4.68 Å². The maximum Gasteiger partial charge on any atom is 0.230 e. The monoisotopic (exact) mass is 451 g/mol. The van der Waals surface area contributed by atoms with Crippen LogP contribution in [-0.4, -0.2) is 66.1 Å². The molecule has 0 amide bonds. The van der Waals surface area contributed by atoms with Gasteiger partial charge in [-0.2, -0.15) is 15.1 Å². The van der Waals surface area contributed by atoms with Gasteiger partial charge < -0.3 is 30.5 Å². The zero-order chi connectivity index (χ0) is 17.6. The molecule has 132 valence electrons. The number of aliphatic hydroxyl groups is 3. The van der Waals surface area contributed by atoms with Crippen LogP contribution in [-0.2, 0) is 4.74 Å². The first-order valence-corrected chi connectivity index (χ1v) is 8.41. The molecule has 0 radical (unpaired) electrons. The number of ether oxygens (including phenoxy) is 2. The molecule has 1 fully saturated rings. The Hall–Kier alpha value is -1.28. The molecule has 0 spiro atoms. The highest BCUT2D eigenvalue weighted by Crippen LogP contribution is 2.35. The highest BCUT2D eigenvalue weighted by atomic mass is 127. The summed E-state index contributed by atoms with van der Waals surface area (Å²) >= 11 is 1.99. The van der Waals surface area contributed by atoms with E-state index in [9.17, 15) is 15.3 Å². The number of hydrogen-bond acceptors (Lipinski definition) is 9. The van der Waals surface area contributed by atoms with Crippen molar-refractivity contribution >= 4 is 39.6 Å². The highest BCUT2D eigenvalue weighted by molar-refractivity contribution is 14.1. The number of nitrogens with zero attached hydrogens (tertiary/aromatic N) is 4. The lowest BCUT2D eigenvalue weighted by atomic mass is 10.1. The van der Waals surface area contributed by atoms with E-state index >= 15 is 0 Å². The molecule has 1 aliphatic rings. The normalized spacial score (nSPS) is 27.3. The van der Waals surface area contributed by atoms with Crippen LogP contribution in [0.15, 0.2) is 0 Å². The second-order valence-corrected chi connectivity index (χ2v) is 6.74. The van der Waals surface area contributed by atoms with Crippen LogP contribution >= 0.6 is 22.6 Å². The van der Waals surface area contributed by atoms with Crippen LogP contribution < -0.4 is 10.5 Å². The zero-order valence-corrected chi connectivity index (χ0v) is 15.2. The first-order chi connectivity index (χ1) is 11.3. The van der Waals surface area contributed by atoms with E-state index < -0.39 is 31.1 Å². The molecule has 5 N–H and O–H groups in total. The summed E-state index contributed by atoms with van der Waals surface area (Å²) in [5, 5.41) is 34.2. The van der Waals surface area contributed by atoms with E-state index in [4.69, 9.17) is 15.2 Å². The first-order valence-electron chi connectivity index (χ1n) is 7.33. The Balaban J connectivity index is 2.12. The van der Waals surface area contributed by atoms with Gasteiger partial charge in [-0.1, -0.05) is 0 Å². The van der Waals surface area contributed by atoms with Gasteiger partial charge in [-0.05, 0) is 36.4 Å². The van der Waals surface area contributed by atoms with Crippen molar-refractivity contribution in [3.63, 3.8) is 0 Å². The summed E-state index contributed by atoms with van der Waals surface area (Å²) in [5.41, 5.74) is 6.07. The fourth-order valence-corrected chi connectivity index (χ4v) is 3.26. The van der Waals surface area contributed by atoms with E-state index in [1.807, 2.05) is 36.4 Å². The molecule has 0 aliphatic carbocycles. The quantitative estimate of drug-likeness (QED) is 0.448. The Kier molecular flexibility index (Phi) is 4.79. The minimum absolute atomic E-state index is 0.0116. The van der Waals surface area contributed by atoms with E-state index in [2.05, 4.69) is 15.1 Å². The topological polar surface area (TPSA) is 149 Å². The van der Waals surface area contributed by atoms with Crippen molar-refractivity contribution in [1.29, 1.82) is 0 Å². The third kappa shape index (κ3) is 2.90. The van der Waals surface area contributed by atoms with Crippen molar-refractivity contribution in [1.82, 2.24) is 19.7 Å². The van der Waals surface area contributed by atoms with Crippen LogP contribution in [0.1, 0.15) is 20.1 Å². The van der Waals surface area contributed by atoms with Crippen LogP contribution in [0.4, 0.5) is 5.95 Å². The Morgan fingerprint density at radius 3 is 2.62 bits per heavy atom. The van der Waals surface area contributed by atoms with Gasteiger partial charge in [0.25, 0.3) is 0 Å². The van der Waals surface area contributed by atoms with Gasteiger partial charge in [0.2, 0.25) is 11.8 Å². The molecule has 0 saturated carbocycles. The van der Waals surface area contributed by atoms with Crippen LogP contribution in [0.3, 0.4) is 0 Å². The summed E-state index contributed by atoms with van der Waals surface area (Å²) in [6.45, 7) is 3.28. The van der Waals surface area contributed by atoms with Gasteiger partial charge in [-0.3, -0.25) is 0 Å². The Labute approximate surface area is 150 Å². The first kappa shape index (κ1) is 17.5. The van der Waals surface area contributed by atoms with E-state index in [1.165, 1.54) is 4.68 Å². The predicted molar refractivity (Wildman–Crippen MR) is 91.2 cm³/mol. The standard InChI is InChI=1S/C13H18IN5O5/c1-4(2)23-11-6-9(14)18-19(10(6)16-13(15)17-11)12-8(22)7(21)5(3-20)24-12/h4-5,7-8,12,20-22H,3H2,1-2H3,(H2,15,16,17)/t5-,7-,8-,12-/m1/s1. The van der Waals surface area contributed by atoms with Gasteiger partial charge in [0.05, 0.1) is 12.7 Å². The SMILES string of the molecule is CC(C)Oc1nc(N)nc2c1c(I)nn2[C@@H]1O[C@H](CO)[C@@H](O)[C@H]1O. The van der Waals surface area contributed by atoms with Crippen molar-refractivity contribution < 1.29 is 24.8 Å². The Morgan fingerprint density at radius 1 is 1.33 bits per heavy atom. The fraction of sp³-hybridized carbons (Fsp3) is 0.615. The number of aromatic nitrogens is 4. The molecular formula is C13H18IN5O5. The molecule has 10 nitrogen and oxygen atoms in total. The maximum atomic E-state index is 10.2. The number of rotatable bonds is 4. The van der Waals surface area contributed by atoms with Crippen molar-refractivity contribution in [3.8, 4) is 5.88 Å². The molecule has 0 aromatic carbocycles. The molecule has 1 saturated heterocycles. The van der Waals surface area contributed by atoms with Gasteiger partial charge in [0.1, 0.15) is 27.4 Å². The Bertz CT molecular complexity index is 754. The largest absolute Gasteiger partial charge is 0.474 e. The van der Waals surface area contributed by atoms with Gasteiger partial charge in [0.15, 0.2) is 11.9 Å². The predicted octanol–water partition coefficient (Wildman–Crippen LogP) is -0.588. The van der Waals surface area contributed by atoms with Gasteiger partial charge in [-0.15, -0.1) is 0 Å². The van der Waals surface area contributed by atoms with Crippen LogP contribution in [0.25, 0.3) is 11.0 Å². The summed E-state index contributed by atoms with van der Waals surface area (Å²) in [5.74, 6) is 0.275. The third-order valence-corrected chi connectivity index (χ3v) is 4.35. The number of fused-ring (bicyclic) bond motifs is 1. The van der Waals surface area contributed by atoms with E-state index in [0.29, 0.717) is 14.7 Å². The number of nitrogen functional groups attached to an aromatic ring is 1. The van der Waals surface area contributed by atoms with E-state index in [-0.39, 0.29) is 17.9 Å². The van der Waals surface area contributed by atoms with Crippen molar-refractivity contribution in [3.05, 3.63) is 3.70 Å². The second-order valence-electron chi connectivity index (χ2n) is 5.72. The van der Waals surface area contributed by atoms with Gasteiger partial charge in [0, 0.05) is 0 Å². The number of halogens is 1. The molecule has 2 aromatic heterocycles. The van der Waals surface area contributed by atoms with Gasteiger partial charge >= 0.3 is 0 Å². The Morgan fingerprint density at radius 2 is 2.04 bits per heavy atom. The summed E-state index contributed by atoms with van der Waals surface area (Å²) in [7, 11) is 0. The van der Waals surface area contributed by atoms with Crippen molar-refractivity contribution in [2.45, 2.75) is 44.5 Å². The average molecular weight is 451 g/mol. The summed E-state index contributed by atoms with van der Waals surface area (Å²) < 4.78 is 13.0. The molecule has 0 unspecified atom stereocenters.